The van der Waals surface area contributed by atoms with Crippen LogP contribution in [-0.2, 0) is 10.0 Å². The summed E-state index contributed by atoms with van der Waals surface area (Å²) in [7, 11) is -4.25. The molecule has 0 saturated carbocycles. The van der Waals surface area contributed by atoms with E-state index in [1.54, 1.807) is 0 Å². The average Bonchev–Trinajstić information content (AvgIpc) is 2.36. The maximum atomic E-state index is 13.8. The van der Waals surface area contributed by atoms with Crippen molar-refractivity contribution in [2.75, 3.05) is 10.5 Å². The highest BCUT2D eigenvalue weighted by atomic mass is 35.5. The highest BCUT2D eigenvalue weighted by molar-refractivity contribution is 7.92. The second-order valence-electron chi connectivity index (χ2n) is 3.79. The van der Waals surface area contributed by atoms with Gasteiger partial charge in [-0.3, -0.25) is 4.72 Å². The summed E-state index contributed by atoms with van der Waals surface area (Å²) in [5.74, 6) is -1.89. The summed E-state index contributed by atoms with van der Waals surface area (Å²) in [6, 6.07) is 4.13. The number of sulfonamides is 1. The zero-order valence-corrected chi connectivity index (χ0v) is 11.3. The smallest absolute Gasteiger partial charge is 0.264 e. The molecular weight excluding hydrogens is 312 g/mol. The number of aromatic nitrogens is 1. The Bertz CT molecular complexity index is 751. The van der Waals surface area contributed by atoms with E-state index in [4.69, 9.17) is 17.3 Å². The standard InChI is InChI=1S/C11H8ClF2N3O2S/c12-8-3-6(15)4-9(11(8)14)20(18,19)17-7-1-2-10(13)16-5-7/h1-5,17H,15H2. The van der Waals surface area contributed by atoms with E-state index in [1.165, 1.54) is 0 Å². The highest BCUT2D eigenvalue weighted by Crippen LogP contribution is 2.27. The molecule has 20 heavy (non-hydrogen) atoms. The highest BCUT2D eigenvalue weighted by Gasteiger charge is 2.22. The predicted molar refractivity (Wildman–Crippen MR) is 70.8 cm³/mol. The average molecular weight is 320 g/mol. The number of benzene rings is 1. The lowest BCUT2D eigenvalue weighted by Crippen LogP contribution is -2.15. The third-order valence-electron chi connectivity index (χ3n) is 2.29. The lowest BCUT2D eigenvalue weighted by molar-refractivity contribution is 0.570. The largest absolute Gasteiger partial charge is 0.399 e. The minimum atomic E-state index is -4.25. The molecule has 0 saturated heterocycles. The fourth-order valence-corrected chi connectivity index (χ4v) is 2.89. The van der Waals surface area contributed by atoms with Gasteiger partial charge in [0, 0.05) is 5.69 Å². The molecule has 0 unspecified atom stereocenters. The molecule has 0 bridgehead atoms. The van der Waals surface area contributed by atoms with Gasteiger partial charge in [0.25, 0.3) is 10.0 Å². The Kier molecular flexibility index (Phi) is 3.78. The van der Waals surface area contributed by atoms with Crippen molar-refractivity contribution in [1.82, 2.24) is 4.98 Å². The molecule has 0 aliphatic heterocycles. The first kappa shape index (κ1) is 14.5. The lowest BCUT2D eigenvalue weighted by atomic mass is 10.3. The zero-order chi connectivity index (χ0) is 14.9. The second kappa shape index (κ2) is 5.22. The molecule has 0 spiro atoms. The Hall–Kier alpha value is -1.93. The van der Waals surface area contributed by atoms with Crippen molar-refractivity contribution in [2.24, 2.45) is 0 Å². The summed E-state index contributed by atoms with van der Waals surface area (Å²) >= 11 is 5.54. The van der Waals surface area contributed by atoms with E-state index in [1.807, 2.05) is 4.72 Å². The Morgan fingerprint density at radius 2 is 1.95 bits per heavy atom. The van der Waals surface area contributed by atoms with Crippen molar-refractivity contribution in [3.8, 4) is 0 Å². The van der Waals surface area contributed by atoms with Gasteiger partial charge in [-0.25, -0.2) is 17.8 Å². The van der Waals surface area contributed by atoms with E-state index < -0.39 is 31.7 Å². The third-order valence-corrected chi connectivity index (χ3v) is 3.94. The molecule has 0 radical (unpaired) electrons. The maximum Gasteiger partial charge on any atom is 0.264 e. The van der Waals surface area contributed by atoms with Crippen molar-refractivity contribution in [1.29, 1.82) is 0 Å². The van der Waals surface area contributed by atoms with Crippen LogP contribution in [0.4, 0.5) is 20.2 Å². The van der Waals surface area contributed by atoms with Gasteiger partial charge in [-0.05, 0) is 24.3 Å². The predicted octanol–water partition coefficient (Wildman–Crippen LogP) is 2.40. The quantitative estimate of drug-likeness (QED) is 0.672. The second-order valence-corrected chi connectivity index (χ2v) is 5.85. The van der Waals surface area contributed by atoms with Crippen LogP contribution >= 0.6 is 11.6 Å². The third kappa shape index (κ3) is 2.97. The summed E-state index contributed by atoms with van der Waals surface area (Å²) in [6.45, 7) is 0. The van der Waals surface area contributed by atoms with Crippen molar-refractivity contribution >= 4 is 33.0 Å². The molecule has 1 aromatic carbocycles. The van der Waals surface area contributed by atoms with Crippen molar-refractivity contribution < 1.29 is 17.2 Å². The molecule has 0 atom stereocenters. The first-order chi connectivity index (χ1) is 9.29. The number of anilines is 2. The summed E-state index contributed by atoms with van der Waals surface area (Å²) in [5, 5.41) is -0.414. The van der Waals surface area contributed by atoms with Gasteiger partial charge >= 0.3 is 0 Å². The van der Waals surface area contributed by atoms with Crippen molar-refractivity contribution in [3.05, 3.63) is 47.2 Å². The SMILES string of the molecule is Nc1cc(Cl)c(F)c(S(=O)(=O)Nc2ccc(F)nc2)c1. The van der Waals surface area contributed by atoms with Crippen LogP contribution in [0.2, 0.25) is 5.02 Å². The van der Waals surface area contributed by atoms with Crippen LogP contribution in [0.15, 0.2) is 35.4 Å². The van der Waals surface area contributed by atoms with Gasteiger partial charge in [0.1, 0.15) is 4.90 Å². The molecule has 5 nitrogen and oxygen atoms in total. The van der Waals surface area contributed by atoms with Gasteiger partial charge in [0.15, 0.2) is 5.82 Å². The van der Waals surface area contributed by atoms with Crippen LogP contribution < -0.4 is 10.5 Å². The minimum Gasteiger partial charge on any atom is -0.399 e. The molecule has 106 valence electrons. The minimum absolute atomic E-state index is 0.00555. The van der Waals surface area contributed by atoms with Gasteiger partial charge in [-0.2, -0.15) is 4.39 Å². The molecule has 1 heterocycles. The Balaban J connectivity index is 2.43. The molecule has 0 aliphatic rings. The fourth-order valence-electron chi connectivity index (χ4n) is 1.43. The number of nitrogens with one attached hydrogen (secondary N) is 1. The molecule has 9 heteroatoms. The van der Waals surface area contributed by atoms with Crippen LogP contribution in [0.5, 0.6) is 0 Å². The van der Waals surface area contributed by atoms with E-state index in [0.717, 1.165) is 30.5 Å². The van der Waals surface area contributed by atoms with Gasteiger partial charge in [0.2, 0.25) is 5.95 Å². The van der Waals surface area contributed by atoms with Gasteiger partial charge in [-0.1, -0.05) is 11.6 Å². The summed E-state index contributed by atoms with van der Waals surface area (Å²) < 4.78 is 52.5. The summed E-state index contributed by atoms with van der Waals surface area (Å²) in [5.41, 5.74) is 5.40. The van der Waals surface area contributed by atoms with Gasteiger partial charge in [-0.15, -0.1) is 0 Å². The molecule has 2 rings (SSSR count). The Morgan fingerprint density at radius 1 is 1.25 bits per heavy atom. The Morgan fingerprint density at radius 3 is 2.55 bits per heavy atom. The number of halogens is 3. The molecule has 1 aromatic heterocycles. The van der Waals surface area contributed by atoms with Crippen LogP contribution in [-0.4, -0.2) is 13.4 Å². The first-order valence-electron chi connectivity index (χ1n) is 5.18. The monoisotopic (exact) mass is 319 g/mol. The fraction of sp³-hybridized carbons (Fsp3) is 0. The van der Waals surface area contributed by atoms with Gasteiger partial charge in [0.05, 0.1) is 16.9 Å². The van der Waals surface area contributed by atoms with Crippen LogP contribution in [0.25, 0.3) is 0 Å². The number of hydrogen-bond acceptors (Lipinski definition) is 4. The number of hydrogen-bond donors (Lipinski definition) is 2. The molecule has 0 aliphatic carbocycles. The molecular formula is C11H8ClF2N3O2S. The first-order valence-corrected chi connectivity index (χ1v) is 7.04. The number of rotatable bonds is 3. The van der Waals surface area contributed by atoms with Gasteiger partial charge < -0.3 is 5.73 Å². The van der Waals surface area contributed by atoms with Crippen molar-refractivity contribution in [2.45, 2.75) is 4.90 Å². The Labute approximate surface area is 118 Å². The number of nitrogens with zero attached hydrogens (tertiary/aromatic N) is 1. The number of nitrogens with two attached hydrogens (primary N) is 1. The van der Waals surface area contributed by atoms with Crippen molar-refractivity contribution in [3.63, 3.8) is 0 Å². The van der Waals surface area contributed by atoms with Crippen LogP contribution in [0.1, 0.15) is 0 Å². The zero-order valence-electron chi connectivity index (χ0n) is 9.77. The van der Waals surface area contributed by atoms with E-state index in [9.17, 15) is 17.2 Å². The maximum absolute atomic E-state index is 13.8. The van der Waals surface area contributed by atoms with E-state index in [-0.39, 0.29) is 11.4 Å². The lowest BCUT2D eigenvalue weighted by Gasteiger charge is -2.10. The summed E-state index contributed by atoms with van der Waals surface area (Å²) in [4.78, 5) is 2.57. The van der Waals surface area contributed by atoms with Crippen LogP contribution in [0, 0.1) is 11.8 Å². The summed E-state index contributed by atoms with van der Waals surface area (Å²) in [6.07, 6.45) is 0.957. The number of nitrogen functional groups attached to an aromatic ring is 1. The molecule has 2 aromatic rings. The van der Waals surface area contributed by atoms with E-state index in [2.05, 4.69) is 4.98 Å². The molecule has 0 fully saturated rings. The van der Waals surface area contributed by atoms with E-state index >= 15 is 0 Å². The molecule has 3 N–H and O–H groups in total. The molecule has 0 amide bonds. The number of pyridine rings is 1. The van der Waals surface area contributed by atoms with E-state index in [0.29, 0.717) is 0 Å². The normalized spacial score (nSPS) is 11.3. The van der Waals surface area contributed by atoms with Crippen LogP contribution in [0.3, 0.4) is 0 Å². The topological polar surface area (TPSA) is 85.1 Å².